The van der Waals surface area contributed by atoms with Crippen molar-refractivity contribution in [3.63, 3.8) is 0 Å². The van der Waals surface area contributed by atoms with Gasteiger partial charge in [0.1, 0.15) is 11.5 Å². The lowest BCUT2D eigenvalue weighted by Crippen LogP contribution is -2.06. The number of hydrogen-bond acceptors (Lipinski definition) is 4. The monoisotopic (exact) mass is 240 g/mol. The fourth-order valence-electron chi connectivity index (χ4n) is 1.17. The highest BCUT2D eigenvalue weighted by Crippen LogP contribution is 2.24. The van der Waals surface area contributed by atoms with Crippen molar-refractivity contribution in [3.05, 3.63) is 23.8 Å². The van der Waals surface area contributed by atoms with E-state index in [0.717, 1.165) is 6.42 Å². The Bertz CT molecular complexity index is 377. The number of benzene rings is 1. The molecule has 0 fully saturated rings. The summed E-state index contributed by atoms with van der Waals surface area (Å²) in [6.07, 6.45) is 1.01. The lowest BCUT2D eigenvalue weighted by Gasteiger charge is -2.08. The van der Waals surface area contributed by atoms with Crippen molar-refractivity contribution in [1.29, 1.82) is 0 Å². The normalized spacial score (nSPS) is 12.4. The molecule has 1 rings (SSSR count). The minimum Gasteiger partial charge on any atom is -0.508 e. The number of rotatable bonds is 5. The minimum absolute atomic E-state index is 0.0383. The molecule has 0 aromatic heterocycles. The summed E-state index contributed by atoms with van der Waals surface area (Å²) in [5.74, 6) is 0.0500. The molecule has 0 saturated carbocycles. The highest BCUT2D eigenvalue weighted by molar-refractivity contribution is 8.00. The Morgan fingerprint density at radius 1 is 1.44 bits per heavy atom. The van der Waals surface area contributed by atoms with Gasteiger partial charge < -0.3 is 10.2 Å². The van der Waals surface area contributed by atoms with Crippen molar-refractivity contribution in [1.82, 2.24) is 0 Å². The quantitative estimate of drug-likeness (QED) is 0.777. The van der Waals surface area contributed by atoms with Gasteiger partial charge in [0.05, 0.1) is 11.3 Å². The molecule has 0 amide bonds. The van der Waals surface area contributed by atoms with E-state index < -0.39 is 0 Å². The molecule has 0 radical (unpaired) electrons. The van der Waals surface area contributed by atoms with Gasteiger partial charge >= 0.3 is 0 Å². The average Bonchev–Trinajstić information content (AvgIpc) is 2.25. The van der Waals surface area contributed by atoms with Crippen LogP contribution in [0.5, 0.6) is 11.5 Å². The van der Waals surface area contributed by atoms with Crippen molar-refractivity contribution in [2.24, 2.45) is 0 Å². The molecule has 0 bridgehead atoms. The van der Waals surface area contributed by atoms with Crippen LogP contribution < -0.4 is 0 Å². The summed E-state index contributed by atoms with van der Waals surface area (Å²) in [6, 6.07) is 4.03. The van der Waals surface area contributed by atoms with Gasteiger partial charge in [-0.3, -0.25) is 4.79 Å². The zero-order chi connectivity index (χ0) is 12.1. The molecule has 0 saturated heterocycles. The maximum Gasteiger partial charge on any atom is 0.176 e. The molecule has 0 aliphatic carbocycles. The zero-order valence-electron chi connectivity index (χ0n) is 9.43. The van der Waals surface area contributed by atoms with E-state index in [1.54, 1.807) is 11.8 Å². The number of carbonyl (C=O) groups is 1. The molecular formula is C12H16O3S. The van der Waals surface area contributed by atoms with Crippen LogP contribution in [0.3, 0.4) is 0 Å². The number of hydrogen-bond donors (Lipinski definition) is 2. The number of carbonyl (C=O) groups excluding carboxylic acids is 1. The van der Waals surface area contributed by atoms with E-state index in [1.165, 1.54) is 18.2 Å². The predicted molar refractivity (Wildman–Crippen MR) is 66.3 cm³/mol. The molecule has 4 heteroatoms. The largest absolute Gasteiger partial charge is 0.508 e. The van der Waals surface area contributed by atoms with Crippen molar-refractivity contribution in [2.75, 3.05) is 5.75 Å². The first-order valence-corrected chi connectivity index (χ1v) is 6.26. The maximum atomic E-state index is 11.7. The number of aromatic hydroxyl groups is 2. The van der Waals surface area contributed by atoms with Crippen LogP contribution >= 0.6 is 11.8 Å². The van der Waals surface area contributed by atoms with E-state index in [2.05, 4.69) is 13.8 Å². The van der Waals surface area contributed by atoms with Crippen molar-refractivity contribution < 1.29 is 15.0 Å². The lowest BCUT2D eigenvalue weighted by molar-refractivity contribution is 0.102. The summed E-state index contributed by atoms with van der Waals surface area (Å²) in [4.78, 5) is 11.7. The van der Waals surface area contributed by atoms with Crippen molar-refractivity contribution in [2.45, 2.75) is 25.5 Å². The Hall–Kier alpha value is -1.16. The zero-order valence-corrected chi connectivity index (χ0v) is 10.3. The molecule has 3 nitrogen and oxygen atoms in total. The number of thioether (sulfide) groups is 1. The molecule has 0 aliphatic rings. The minimum atomic E-state index is -0.158. The Morgan fingerprint density at radius 2 is 2.12 bits per heavy atom. The molecule has 0 spiro atoms. The Balaban J connectivity index is 2.66. The van der Waals surface area contributed by atoms with Gasteiger partial charge in [-0.2, -0.15) is 11.8 Å². The average molecular weight is 240 g/mol. The van der Waals surface area contributed by atoms with Crippen LogP contribution in [0.1, 0.15) is 30.6 Å². The lowest BCUT2D eigenvalue weighted by atomic mass is 10.1. The van der Waals surface area contributed by atoms with Gasteiger partial charge in [0.2, 0.25) is 0 Å². The fraction of sp³-hybridized carbons (Fsp3) is 0.417. The van der Waals surface area contributed by atoms with E-state index in [9.17, 15) is 9.90 Å². The first kappa shape index (κ1) is 12.9. The van der Waals surface area contributed by atoms with Crippen molar-refractivity contribution in [3.8, 4) is 11.5 Å². The third-order valence-electron chi connectivity index (χ3n) is 2.36. The second-order valence-corrected chi connectivity index (χ2v) is 5.08. The Kier molecular flexibility index (Phi) is 4.68. The summed E-state index contributed by atoms with van der Waals surface area (Å²) in [6.45, 7) is 4.13. The Labute approximate surface area is 99.5 Å². The number of phenolic OH excluding ortho intramolecular Hbond substituents is 2. The fourth-order valence-corrected chi connectivity index (χ4v) is 2.00. The van der Waals surface area contributed by atoms with Crippen LogP contribution in [-0.2, 0) is 0 Å². The van der Waals surface area contributed by atoms with Crippen molar-refractivity contribution >= 4 is 17.5 Å². The molecule has 0 aliphatic heterocycles. The Morgan fingerprint density at radius 3 is 2.69 bits per heavy atom. The highest BCUT2D eigenvalue weighted by Gasteiger charge is 2.12. The number of phenols is 2. The summed E-state index contributed by atoms with van der Waals surface area (Å²) in [7, 11) is 0. The van der Waals surface area contributed by atoms with E-state index in [4.69, 9.17) is 5.11 Å². The SMILES string of the molecule is CCC(C)SCC(=O)c1ccc(O)cc1O. The van der Waals surface area contributed by atoms with E-state index in [-0.39, 0.29) is 22.8 Å². The maximum absolute atomic E-state index is 11.7. The molecule has 0 heterocycles. The molecule has 88 valence electrons. The van der Waals surface area contributed by atoms with Gasteiger partial charge in [0.15, 0.2) is 5.78 Å². The van der Waals surface area contributed by atoms with Crippen LogP contribution in [0.4, 0.5) is 0 Å². The highest BCUT2D eigenvalue weighted by atomic mass is 32.2. The molecule has 1 unspecified atom stereocenters. The van der Waals surface area contributed by atoms with E-state index in [1.807, 2.05) is 0 Å². The summed E-state index contributed by atoms with van der Waals surface area (Å²) >= 11 is 1.57. The number of Topliss-reactive ketones (excluding diaryl/α,β-unsaturated/α-hetero) is 1. The number of ketones is 1. The van der Waals surface area contributed by atoms with Gasteiger partial charge in [-0.1, -0.05) is 13.8 Å². The van der Waals surface area contributed by atoms with Crippen LogP contribution in [-0.4, -0.2) is 27.0 Å². The molecule has 2 N–H and O–H groups in total. The molecule has 16 heavy (non-hydrogen) atoms. The van der Waals surface area contributed by atoms with Crippen LogP contribution in [0.2, 0.25) is 0 Å². The summed E-state index contributed by atoms with van der Waals surface area (Å²) in [5, 5.41) is 19.0. The molecule has 1 aromatic rings. The van der Waals surface area contributed by atoms with Crippen LogP contribution in [0.25, 0.3) is 0 Å². The van der Waals surface area contributed by atoms with Gasteiger partial charge in [0, 0.05) is 11.3 Å². The summed E-state index contributed by atoms with van der Waals surface area (Å²) < 4.78 is 0. The molecular weight excluding hydrogens is 224 g/mol. The van der Waals surface area contributed by atoms with Crippen LogP contribution in [0.15, 0.2) is 18.2 Å². The second-order valence-electron chi connectivity index (χ2n) is 3.65. The smallest absolute Gasteiger partial charge is 0.176 e. The molecule has 1 aromatic carbocycles. The standard InChI is InChI=1S/C12H16O3S/c1-3-8(2)16-7-12(15)10-5-4-9(13)6-11(10)14/h4-6,8,13-14H,3,7H2,1-2H3. The van der Waals surface area contributed by atoms with Crippen LogP contribution in [0, 0.1) is 0 Å². The van der Waals surface area contributed by atoms with Gasteiger partial charge in [-0.15, -0.1) is 0 Å². The van der Waals surface area contributed by atoms with E-state index in [0.29, 0.717) is 11.0 Å². The first-order valence-electron chi connectivity index (χ1n) is 5.21. The summed E-state index contributed by atoms with van der Waals surface area (Å²) in [5.41, 5.74) is 0.272. The third kappa shape index (κ3) is 3.45. The third-order valence-corrected chi connectivity index (χ3v) is 3.69. The van der Waals surface area contributed by atoms with Gasteiger partial charge in [-0.25, -0.2) is 0 Å². The first-order chi connectivity index (χ1) is 7.54. The second kappa shape index (κ2) is 5.80. The topological polar surface area (TPSA) is 57.5 Å². The van der Waals surface area contributed by atoms with Gasteiger partial charge in [0.25, 0.3) is 0 Å². The van der Waals surface area contributed by atoms with Gasteiger partial charge in [-0.05, 0) is 18.6 Å². The molecule has 1 atom stereocenters. The predicted octanol–water partition coefficient (Wildman–Crippen LogP) is 2.81. The van der Waals surface area contributed by atoms with E-state index >= 15 is 0 Å².